The number of aromatic amines is 1. The molecule has 2 N–H and O–H groups in total. The monoisotopic (exact) mass is 524 g/mol. The van der Waals surface area contributed by atoms with Crippen LogP contribution >= 0.6 is 0 Å². The second-order valence-electron chi connectivity index (χ2n) is 9.12. The SMILES string of the molecule is COCc1cc(=O)c(O)c(C(CC(=O)N2CCc3c([nH]c4ccccc34)C2)c2cccc(OC(F)F)c2)o1. The van der Waals surface area contributed by atoms with Crippen LogP contribution in [0.2, 0.25) is 0 Å². The number of ether oxygens (including phenoxy) is 2. The maximum absolute atomic E-state index is 13.6. The molecule has 0 saturated heterocycles. The first kappa shape index (κ1) is 25.5. The Morgan fingerprint density at radius 1 is 1.18 bits per heavy atom. The van der Waals surface area contributed by atoms with Gasteiger partial charge in [-0.05, 0) is 35.7 Å². The third-order valence-electron chi connectivity index (χ3n) is 6.70. The molecule has 0 spiro atoms. The Balaban J connectivity index is 1.49. The minimum absolute atomic E-state index is 0.0347. The molecular formula is C28H26F2N2O6. The fourth-order valence-electron chi connectivity index (χ4n) is 4.98. The van der Waals surface area contributed by atoms with Crippen LogP contribution in [-0.2, 0) is 29.1 Å². The Labute approximate surface area is 216 Å². The highest BCUT2D eigenvalue weighted by atomic mass is 19.3. The molecule has 0 saturated carbocycles. The number of amides is 1. The van der Waals surface area contributed by atoms with Gasteiger partial charge in [0.05, 0.1) is 12.5 Å². The van der Waals surface area contributed by atoms with Crippen molar-refractivity contribution in [3.05, 3.63) is 93.2 Å². The lowest BCUT2D eigenvalue weighted by molar-refractivity contribution is -0.132. The summed E-state index contributed by atoms with van der Waals surface area (Å²) in [6.45, 7) is -2.23. The van der Waals surface area contributed by atoms with Crippen molar-refractivity contribution in [2.45, 2.75) is 38.5 Å². The lowest BCUT2D eigenvalue weighted by atomic mass is 9.91. The molecule has 0 aliphatic carbocycles. The van der Waals surface area contributed by atoms with E-state index in [0.29, 0.717) is 25.1 Å². The van der Waals surface area contributed by atoms with Crippen molar-refractivity contribution in [2.24, 2.45) is 0 Å². The van der Waals surface area contributed by atoms with Crippen LogP contribution in [0, 0.1) is 0 Å². The molecule has 2 aromatic carbocycles. The molecule has 0 radical (unpaired) electrons. The van der Waals surface area contributed by atoms with Gasteiger partial charge in [-0.3, -0.25) is 9.59 Å². The zero-order valence-electron chi connectivity index (χ0n) is 20.6. The fraction of sp³-hybridized carbons (Fsp3) is 0.286. The smallest absolute Gasteiger partial charge is 0.387 e. The number of rotatable bonds is 8. The third-order valence-corrected chi connectivity index (χ3v) is 6.70. The van der Waals surface area contributed by atoms with Crippen molar-refractivity contribution < 1.29 is 32.6 Å². The van der Waals surface area contributed by atoms with Gasteiger partial charge >= 0.3 is 6.61 Å². The second-order valence-corrected chi connectivity index (χ2v) is 9.12. The first-order chi connectivity index (χ1) is 18.3. The van der Waals surface area contributed by atoms with Crippen molar-refractivity contribution in [2.75, 3.05) is 13.7 Å². The Morgan fingerprint density at radius 3 is 2.79 bits per heavy atom. The van der Waals surface area contributed by atoms with Crippen molar-refractivity contribution in [3.63, 3.8) is 0 Å². The maximum atomic E-state index is 13.6. The van der Waals surface area contributed by atoms with Crippen LogP contribution in [0.1, 0.15) is 40.7 Å². The van der Waals surface area contributed by atoms with Crippen LogP contribution in [0.25, 0.3) is 10.9 Å². The number of nitrogens with one attached hydrogen (secondary N) is 1. The quantitative estimate of drug-likeness (QED) is 0.347. The van der Waals surface area contributed by atoms with Crippen molar-refractivity contribution in [3.8, 4) is 11.5 Å². The van der Waals surface area contributed by atoms with Crippen LogP contribution in [0.3, 0.4) is 0 Å². The van der Waals surface area contributed by atoms with Gasteiger partial charge in [-0.25, -0.2) is 0 Å². The number of carbonyl (C=O) groups is 1. The number of nitrogens with zero attached hydrogens (tertiary/aromatic N) is 1. The van der Waals surface area contributed by atoms with Crippen LogP contribution in [0.4, 0.5) is 8.78 Å². The molecule has 1 atom stereocenters. The molecule has 38 heavy (non-hydrogen) atoms. The second kappa shape index (κ2) is 10.7. The van der Waals surface area contributed by atoms with E-state index in [1.54, 1.807) is 11.0 Å². The third kappa shape index (κ3) is 5.12. The van der Waals surface area contributed by atoms with Gasteiger partial charge in [-0.15, -0.1) is 0 Å². The number of para-hydroxylation sites is 1. The van der Waals surface area contributed by atoms with Crippen molar-refractivity contribution in [1.29, 1.82) is 0 Å². The predicted molar refractivity (Wildman–Crippen MR) is 134 cm³/mol. The van der Waals surface area contributed by atoms with Crippen LogP contribution in [0.5, 0.6) is 11.5 Å². The highest BCUT2D eigenvalue weighted by Crippen LogP contribution is 2.36. The zero-order chi connectivity index (χ0) is 26.8. The molecule has 8 nitrogen and oxygen atoms in total. The summed E-state index contributed by atoms with van der Waals surface area (Å²) in [4.78, 5) is 31.2. The molecule has 1 aliphatic heterocycles. The number of alkyl halides is 2. The number of halogens is 2. The molecule has 0 fully saturated rings. The Kier molecular flexibility index (Phi) is 7.15. The molecule has 10 heteroatoms. The van der Waals surface area contributed by atoms with E-state index >= 15 is 0 Å². The van der Waals surface area contributed by atoms with E-state index in [-0.39, 0.29) is 36.2 Å². The zero-order valence-corrected chi connectivity index (χ0v) is 20.6. The van der Waals surface area contributed by atoms with Gasteiger partial charge in [0.15, 0.2) is 5.76 Å². The Bertz CT molecular complexity index is 1530. The van der Waals surface area contributed by atoms with Crippen LogP contribution in [0.15, 0.2) is 63.8 Å². The molecule has 198 valence electrons. The minimum Gasteiger partial charge on any atom is -0.502 e. The van der Waals surface area contributed by atoms with E-state index in [4.69, 9.17) is 9.15 Å². The van der Waals surface area contributed by atoms with Gasteiger partial charge in [0, 0.05) is 42.7 Å². The topological polar surface area (TPSA) is 105 Å². The van der Waals surface area contributed by atoms with Gasteiger partial charge in [0.1, 0.15) is 18.1 Å². The highest BCUT2D eigenvalue weighted by molar-refractivity contribution is 5.86. The van der Waals surface area contributed by atoms with Crippen molar-refractivity contribution in [1.82, 2.24) is 9.88 Å². The van der Waals surface area contributed by atoms with Crippen molar-refractivity contribution >= 4 is 16.8 Å². The number of carbonyl (C=O) groups excluding carboxylic acids is 1. The molecule has 4 aromatic rings. The number of hydrogen-bond acceptors (Lipinski definition) is 6. The summed E-state index contributed by atoms with van der Waals surface area (Å²) in [5.74, 6) is -1.96. The Hall–Kier alpha value is -4.18. The average Bonchev–Trinajstić information content (AvgIpc) is 3.27. The van der Waals surface area contributed by atoms with E-state index in [2.05, 4.69) is 9.72 Å². The predicted octanol–water partition coefficient (Wildman–Crippen LogP) is 4.68. The molecule has 1 amide bonds. The summed E-state index contributed by atoms with van der Waals surface area (Å²) >= 11 is 0. The number of methoxy groups -OCH3 is 1. The number of aromatic nitrogens is 1. The number of aromatic hydroxyl groups is 1. The molecule has 0 bridgehead atoms. The summed E-state index contributed by atoms with van der Waals surface area (Å²) in [7, 11) is 1.42. The maximum Gasteiger partial charge on any atom is 0.387 e. The summed E-state index contributed by atoms with van der Waals surface area (Å²) in [5.41, 5.74) is 2.80. The molecular weight excluding hydrogens is 498 g/mol. The summed E-state index contributed by atoms with van der Waals surface area (Å²) in [5, 5.41) is 11.8. The van der Waals surface area contributed by atoms with Crippen LogP contribution < -0.4 is 10.2 Å². The molecule has 1 unspecified atom stereocenters. The van der Waals surface area contributed by atoms with Gasteiger partial charge in [-0.2, -0.15) is 8.78 Å². The number of hydrogen-bond donors (Lipinski definition) is 2. The largest absolute Gasteiger partial charge is 0.502 e. The molecule has 1 aliphatic rings. The fourth-order valence-corrected chi connectivity index (χ4v) is 4.98. The summed E-state index contributed by atoms with van der Waals surface area (Å²) < 4.78 is 41.2. The average molecular weight is 525 g/mol. The minimum atomic E-state index is -3.04. The van der Waals surface area contributed by atoms with Gasteiger partial charge < -0.3 is 28.9 Å². The van der Waals surface area contributed by atoms with E-state index < -0.39 is 23.7 Å². The number of H-pyrrole nitrogens is 1. The molecule has 3 heterocycles. The van der Waals surface area contributed by atoms with E-state index in [0.717, 1.165) is 22.7 Å². The van der Waals surface area contributed by atoms with Crippen LogP contribution in [-0.4, -0.2) is 41.2 Å². The first-order valence-electron chi connectivity index (χ1n) is 12.1. The Morgan fingerprint density at radius 2 is 2.00 bits per heavy atom. The highest BCUT2D eigenvalue weighted by Gasteiger charge is 2.31. The first-order valence-corrected chi connectivity index (χ1v) is 12.1. The number of benzene rings is 2. The summed E-state index contributed by atoms with van der Waals surface area (Å²) in [6.07, 6.45) is 0.484. The van der Waals surface area contributed by atoms with Gasteiger partial charge in [0.2, 0.25) is 17.1 Å². The molecule has 5 rings (SSSR count). The lowest BCUT2D eigenvalue weighted by Crippen LogP contribution is -2.36. The van der Waals surface area contributed by atoms with E-state index in [1.807, 2.05) is 24.3 Å². The summed E-state index contributed by atoms with van der Waals surface area (Å²) in [6, 6.07) is 14.9. The molecule has 2 aromatic heterocycles. The van der Waals surface area contributed by atoms with Gasteiger partial charge in [-0.1, -0.05) is 30.3 Å². The van der Waals surface area contributed by atoms with E-state index in [9.17, 15) is 23.5 Å². The normalized spacial score (nSPS) is 14.1. The lowest BCUT2D eigenvalue weighted by Gasteiger charge is -2.29. The van der Waals surface area contributed by atoms with Gasteiger partial charge in [0.25, 0.3) is 0 Å². The standard InChI is InChI=1S/C28H26F2N2O6/c1-36-15-18-12-24(33)26(35)27(37-18)21(16-5-4-6-17(11-16)38-28(29)30)13-25(34)32-10-9-20-19-7-2-3-8-22(19)31-23(20)14-32/h2-8,11-12,21,28,31,35H,9-10,13-15H2,1H3. The number of fused-ring (bicyclic) bond motifs is 3. The van der Waals surface area contributed by atoms with E-state index in [1.165, 1.54) is 30.9 Å².